The average Bonchev–Trinajstić information content (AvgIpc) is 2.25. The number of nitro groups is 1. The molecule has 0 aromatic heterocycles. The topological polar surface area (TPSA) is 78.4 Å². The first-order chi connectivity index (χ1) is 7.54. The Labute approximate surface area is 93.7 Å². The highest BCUT2D eigenvalue weighted by Gasteiger charge is 2.10. The number of aryl methyl sites for hydroxylation is 1. The minimum absolute atomic E-state index is 0.0880. The zero-order valence-electron chi connectivity index (χ0n) is 9.10. The van der Waals surface area contributed by atoms with Crippen molar-refractivity contribution in [2.24, 2.45) is 5.73 Å². The van der Waals surface area contributed by atoms with Crippen molar-refractivity contribution in [2.75, 3.05) is 13.2 Å². The van der Waals surface area contributed by atoms with E-state index in [-0.39, 0.29) is 5.69 Å². The summed E-state index contributed by atoms with van der Waals surface area (Å²) in [5.74, 6) is 0.581. The lowest BCUT2D eigenvalue weighted by molar-refractivity contribution is -0.385. The van der Waals surface area contributed by atoms with E-state index >= 15 is 0 Å². The molecule has 0 fully saturated rings. The molecule has 0 unspecified atom stereocenters. The number of rotatable bonds is 5. The molecule has 1 aromatic carbocycles. The molecule has 0 saturated carbocycles. The molecule has 0 spiro atoms. The zero-order valence-corrected chi connectivity index (χ0v) is 9.10. The lowest BCUT2D eigenvalue weighted by Gasteiger charge is -2.07. The van der Waals surface area contributed by atoms with Gasteiger partial charge in [0.1, 0.15) is 12.4 Å². The molecule has 1 rings (SSSR count). The Morgan fingerprint density at radius 3 is 2.81 bits per heavy atom. The summed E-state index contributed by atoms with van der Waals surface area (Å²) in [6.07, 6.45) is 0. The van der Waals surface area contributed by atoms with Crippen LogP contribution in [0.4, 0.5) is 5.69 Å². The van der Waals surface area contributed by atoms with Gasteiger partial charge in [0, 0.05) is 18.2 Å². The Hall–Kier alpha value is -1.88. The summed E-state index contributed by atoms with van der Waals surface area (Å²) in [7, 11) is 0. The van der Waals surface area contributed by atoms with Gasteiger partial charge in [0.05, 0.1) is 4.92 Å². The van der Waals surface area contributed by atoms with E-state index in [4.69, 9.17) is 10.5 Å². The molecule has 0 radical (unpaired) electrons. The maximum atomic E-state index is 10.6. The number of nitro benzene ring substituents is 1. The van der Waals surface area contributed by atoms with Crippen LogP contribution in [0.2, 0.25) is 0 Å². The maximum absolute atomic E-state index is 10.6. The standard InChI is InChI=1S/C11H14N2O3/c1-8(6-12)7-16-10-3-4-11(13(14)15)9(2)5-10/h3-5H,1,6-7,12H2,2H3. The second kappa shape index (κ2) is 5.27. The third kappa shape index (κ3) is 3.06. The van der Waals surface area contributed by atoms with Crippen molar-refractivity contribution in [3.8, 4) is 5.75 Å². The molecule has 5 heteroatoms. The van der Waals surface area contributed by atoms with Crippen molar-refractivity contribution in [3.05, 3.63) is 46.0 Å². The second-order valence-electron chi connectivity index (χ2n) is 3.45. The summed E-state index contributed by atoms with van der Waals surface area (Å²) in [5.41, 5.74) is 6.79. The van der Waals surface area contributed by atoms with E-state index in [1.807, 2.05) is 0 Å². The van der Waals surface area contributed by atoms with Crippen LogP contribution in [0, 0.1) is 17.0 Å². The van der Waals surface area contributed by atoms with Crippen molar-refractivity contribution < 1.29 is 9.66 Å². The lowest BCUT2D eigenvalue weighted by atomic mass is 10.2. The van der Waals surface area contributed by atoms with Gasteiger partial charge in [-0.15, -0.1) is 0 Å². The molecule has 5 nitrogen and oxygen atoms in total. The zero-order chi connectivity index (χ0) is 12.1. The van der Waals surface area contributed by atoms with Gasteiger partial charge in [-0.05, 0) is 24.6 Å². The predicted molar refractivity (Wildman–Crippen MR) is 61.5 cm³/mol. The van der Waals surface area contributed by atoms with Crippen LogP contribution in [-0.2, 0) is 0 Å². The predicted octanol–water partition coefficient (Wildman–Crippen LogP) is 1.80. The van der Waals surface area contributed by atoms with Gasteiger partial charge >= 0.3 is 0 Å². The maximum Gasteiger partial charge on any atom is 0.272 e. The van der Waals surface area contributed by atoms with Crippen LogP contribution in [0.3, 0.4) is 0 Å². The van der Waals surface area contributed by atoms with Crippen LogP contribution in [0.5, 0.6) is 5.75 Å². The Bertz CT molecular complexity index is 416. The van der Waals surface area contributed by atoms with Crippen LogP contribution >= 0.6 is 0 Å². The first-order valence-electron chi connectivity index (χ1n) is 4.79. The van der Waals surface area contributed by atoms with Crippen LogP contribution in [0.1, 0.15) is 5.56 Å². The number of nitrogens with zero attached hydrogens (tertiary/aromatic N) is 1. The van der Waals surface area contributed by atoms with E-state index in [1.165, 1.54) is 6.07 Å². The number of benzene rings is 1. The summed E-state index contributed by atoms with van der Waals surface area (Å²) < 4.78 is 5.37. The summed E-state index contributed by atoms with van der Waals surface area (Å²) in [5, 5.41) is 10.6. The average molecular weight is 222 g/mol. The third-order valence-corrected chi connectivity index (χ3v) is 2.10. The molecular weight excluding hydrogens is 208 g/mol. The van der Waals surface area contributed by atoms with E-state index in [1.54, 1.807) is 19.1 Å². The van der Waals surface area contributed by atoms with Gasteiger partial charge in [-0.2, -0.15) is 0 Å². The molecule has 0 heterocycles. The van der Waals surface area contributed by atoms with Crippen molar-refractivity contribution in [2.45, 2.75) is 6.92 Å². The molecule has 0 aliphatic carbocycles. The SMILES string of the molecule is C=C(CN)COc1ccc([N+](=O)[O-])c(C)c1. The molecular formula is C11H14N2O3. The number of hydrogen-bond acceptors (Lipinski definition) is 4. The molecule has 0 amide bonds. The summed E-state index contributed by atoms with van der Waals surface area (Å²) >= 11 is 0. The molecule has 2 N–H and O–H groups in total. The molecule has 0 bridgehead atoms. The van der Waals surface area contributed by atoms with Crippen LogP contribution < -0.4 is 10.5 Å². The summed E-state index contributed by atoms with van der Waals surface area (Å²) in [6, 6.07) is 4.62. The van der Waals surface area contributed by atoms with Crippen molar-refractivity contribution >= 4 is 5.69 Å². The van der Waals surface area contributed by atoms with Crippen molar-refractivity contribution in [1.82, 2.24) is 0 Å². The minimum atomic E-state index is -0.419. The third-order valence-electron chi connectivity index (χ3n) is 2.10. The fourth-order valence-corrected chi connectivity index (χ4v) is 1.17. The molecule has 86 valence electrons. The number of hydrogen-bond donors (Lipinski definition) is 1. The van der Waals surface area contributed by atoms with E-state index in [0.29, 0.717) is 24.5 Å². The Balaban J connectivity index is 2.74. The lowest BCUT2D eigenvalue weighted by Crippen LogP contribution is -2.09. The minimum Gasteiger partial charge on any atom is -0.489 e. The number of nitrogens with two attached hydrogens (primary N) is 1. The number of ether oxygens (including phenoxy) is 1. The fourth-order valence-electron chi connectivity index (χ4n) is 1.17. The first-order valence-corrected chi connectivity index (χ1v) is 4.79. The van der Waals surface area contributed by atoms with Gasteiger partial charge < -0.3 is 10.5 Å². The molecule has 0 aliphatic heterocycles. The van der Waals surface area contributed by atoms with Gasteiger partial charge in [-0.25, -0.2) is 0 Å². The van der Waals surface area contributed by atoms with Gasteiger partial charge in [0.25, 0.3) is 5.69 Å². The highest BCUT2D eigenvalue weighted by molar-refractivity contribution is 5.44. The highest BCUT2D eigenvalue weighted by Crippen LogP contribution is 2.23. The summed E-state index contributed by atoms with van der Waals surface area (Å²) in [6.45, 7) is 6.06. The molecule has 0 atom stereocenters. The van der Waals surface area contributed by atoms with E-state index in [9.17, 15) is 10.1 Å². The first kappa shape index (κ1) is 12.2. The van der Waals surface area contributed by atoms with Gasteiger partial charge in [0.2, 0.25) is 0 Å². The highest BCUT2D eigenvalue weighted by atomic mass is 16.6. The normalized spacial score (nSPS) is 9.88. The Kier molecular flexibility index (Phi) is 4.02. The second-order valence-corrected chi connectivity index (χ2v) is 3.45. The van der Waals surface area contributed by atoms with Crippen LogP contribution in [0.25, 0.3) is 0 Å². The van der Waals surface area contributed by atoms with Crippen LogP contribution in [-0.4, -0.2) is 18.1 Å². The van der Waals surface area contributed by atoms with Crippen molar-refractivity contribution in [3.63, 3.8) is 0 Å². The van der Waals surface area contributed by atoms with Crippen LogP contribution in [0.15, 0.2) is 30.4 Å². The van der Waals surface area contributed by atoms with Gasteiger partial charge in [-0.3, -0.25) is 10.1 Å². The summed E-state index contributed by atoms with van der Waals surface area (Å²) in [4.78, 5) is 10.2. The van der Waals surface area contributed by atoms with E-state index < -0.39 is 4.92 Å². The largest absolute Gasteiger partial charge is 0.489 e. The molecule has 1 aromatic rings. The Morgan fingerprint density at radius 2 is 2.31 bits per heavy atom. The van der Waals surface area contributed by atoms with E-state index in [0.717, 1.165) is 5.57 Å². The molecule has 0 saturated heterocycles. The fraction of sp³-hybridized carbons (Fsp3) is 0.273. The molecule has 16 heavy (non-hydrogen) atoms. The quantitative estimate of drug-likeness (QED) is 0.468. The monoisotopic (exact) mass is 222 g/mol. The van der Waals surface area contributed by atoms with E-state index in [2.05, 4.69) is 6.58 Å². The molecule has 0 aliphatic rings. The smallest absolute Gasteiger partial charge is 0.272 e. The van der Waals surface area contributed by atoms with Crippen molar-refractivity contribution in [1.29, 1.82) is 0 Å². The Morgan fingerprint density at radius 1 is 1.62 bits per heavy atom. The van der Waals surface area contributed by atoms with Gasteiger partial charge in [0.15, 0.2) is 0 Å². The van der Waals surface area contributed by atoms with Gasteiger partial charge in [-0.1, -0.05) is 6.58 Å².